The highest BCUT2D eigenvalue weighted by Crippen LogP contribution is 2.63. The first-order valence-electron chi connectivity index (χ1n) is 8.26. The Kier molecular flexibility index (Phi) is 4.02. The molecule has 2 N–H and O–H groups in total. The van der Waals surface area contributed by atoms with Crippen LogP contribution in [0.1, 0.15) is 36.8 Å². The number of thioether (sulfide) groups is 1. The van der Waals surface area contributed by atoms with Gasteiger partial charge in [0, 0.05) is 11.1 Å². The van der Waals surface area contributed by atoms with Crippen LogP contribution in [0.2, 0.25) is 0 Å². The lowest BCUT2D eigenvalue weighted by atomic mass is 9.98. The van der Waals surface area contributed by atoms with E-state index in [4.69, 9.17) is 5.14 Å². The van der Waals surface area contributed by atoms with Gasteiger partial charge in [-0.3, -0.25) is 0 Å². The lowest BCUT2D eigenvalue weighted by Gasteiger charge is -2.09. The van der Waals surface area contributed by atoms with E-state index in [9.17, 15) is 8.42 Å². The normalized spacial score (nSPS) is 18.8. The van der Waals surface area contributed by atoms with E-state index >= 15 is 0 Å². The van der Waals surface area contributed by atoms with Gasteiger partial charge in [0.15, 0.2) is 5.03 Å². The minimum Gasteiger partial charge on any atom is -0.243 e. The smallest absolute Gasteiger partial charge is 0.243 e. The molecule has 0 saturated heterocycles. The van der Waals surface area contributed by atoms with Crippen molar-refractivity contribution in [2.75, 3.05) is 6.26 Å². The molecule has 0 aliphatic heterocycles. The number of allylic oxidation sites excluding steroid dienone is 2. The Hall–Kier alpha value is -1.63. The molecule has 0 radical (unpaired) electrons. The van der Waals surface area contributed by atoms with Gasteiger partial charge in [-0.2, -0.15) is 0 Å². The highest BCUT2D eigenvalue weighted by molar-refractivity contribution is 7.98. The third-order valence-electron chi connectivity index (χ3n) is 5.24. The van der Waals surface area contributed by atoms with E-state index in [1.54, 1.807) is 18.0 Å². The molecule has 130 valence electrons. The summed E-state index contributed by atoms with van der Waals surface area (Å²) in [7, 11) is -3.76. The molecule has 0 atom stereocenters. The molecule has 2 aliphatic carbocycles. The van der Waals surface area contributed by atoms with Crippen molar-refractivity contribution in [1.82, 2.24) is 4.98 Å². The number of aromatic nitrogens is 1. The second-order valence-electron chi connectivity index (χ2n) is 6.97. The van der Waals surface area contributed by atoms with Crippen molar-refractivity contribution < 1.29 is 8.42 Å². The molecule has 25 heavy (non-hydrogen) atoms. The van der Waals surface area contributed by atoms with E-state index in [1.165, 1.54) is 40.5 Å². The molecular formula is C19H20N2O2S2. The van der Waals surface area contributed by atoms with Crippen molar-refractivity contribution in [3.05, 3.63) is 53.7 Å². The molecule has 1 heterocycles. The molecule has 2 aromatic rings. The van der Waals surface area contributed by atoms with Crippen molar-refractivity contribution in [1.29, 1.82) is 0 Å². The fourth-order valence-electron chi connectivity index (χ4n) is 3.63. The van der Waals surface area contributed by atoms with Gasteiger partial charge in [0.2, 0.25) is 0 Å². The highest BCUT2D eigenvalue weighted by Gasteiger charge is 2.48. The largest absolute Gasteiger partial charge is 0.255 e. The monoisotopic (exact) mass is 372 g/mol. The number of sulfonamides is 1. The third-order valence-corrected chi connectivity index (χ3v) is 6.81. The molecule has 0 bridgehead atoms. The van der Waals surface area contributed by atoms with Crippen LogP contribution in [-0.2, 0) is 10.0 Å². The summed E-state index contributed by atoms with van der Waals surface area (Å²) in [5.41, 5.74) is 5.34. The van der Waals surface area contributed by atoms with Gasteiger partial charge in [-0.25, -0.2) is 18.5 Å². The van der Waals surface area contributed by atoms with Crippen molar-refractivity contribution in [2.24, 2.45) is 10.6 Å². The molecule has 4 nitrogen and oxygen atoms in total. The third kappa shape index (κ3) is 3.26. The first-order chi connectivity index (χ1) is 11.9. The molecule has 1 spiro atoms. The van der Waals surface area contributed by atoms with Crippen LogP contribution >= 0.6 is 11.8 Å². The van der Waals surface area contributed by atoms with Gasteiger partial charge >= 0.3 is 0 Å². The maximum absolute atomic E-state index is 11.4. The Morgan fingerprint density at radius 3 is 2.08 bits per heavy atom. The summed E-state index contributed by atoms with van der Waals surface area (Å²) in [6.45, 7) is 0. The Balaban J connectivity index is 1.75. The second-order valence-corrected chi connectivity index (χ2v) is 9.36. The summed E-state index contributed by atoms with van der Waals surface area (Å²) < 4.78 is 22.9. The summed E-state index contributed by atoms with van der Waals surface area (Å²) in [6.07, 6.45) is 8.40. The SMILES string of the molecule is CSc1ccc(C2=C(c3ccc(S(N)(=O)=O)nc3)CC3(CC3)C2)cc1. The number of rotatable bonds is 4. The zero-order chi connectivity index (χ0) is 17.7. The summed E-state index contributed by atoms with van der Waals surface area (Å²) in [4.78, 5) is 5.32. The van der Waals surface area contributed by atoms with E-state index in [-0.39, 0.29) is 5.03 Å². The first-order valence-corrected chi connectivity index (χ1v) is 11.0. The van der Waals surface area contributed by atoms with Gasteiger partial charge in [-0.1, -0.05) is 18.2 Å². The molecule has 0 amide bonds. The summed E-state index contributed by atoms with van der Waals surface area (Å²) in [5.74, 6) is 0. The number of hydrogen-bond acceptors (Lipinski definition) is 4. The fourth-order valence-corrected chi connectivity index (χ4v) is 4.49. The zero-order valence-electron chi connectivity index (χ0n) is 14.0. The summed E-state index contributed by atoms with van der Waals surface area (Å²) >= 11 is 1.74. The van der Waals surface area contributed by atoms with Crippen molar-refractivity contribution in [3.63, 3.8) is 0 Å². The molecule has 1 aromatic heterocycles. The van der Waals surface area contributed by atoms with Crippen molar-refractivity contribution in [2.45, 2.75) is 35.6 Å². The maximum atomic E-state index is 11.4. The molecule has 2 aliphatic rings. The van der Waals surface area contributed by atoms with Crippen molar-refractivity contribution >= 4 is 32.9 Å². The number of benzene rings is 1. The fraction of sp³-hybridized carbons (Fsp3) is 0.316. The van der Waals surface area contributed by atoms with Crippen LogP contribution in [0.15, 0.2) is 52.5 Å². The molecule has 1 saturated carbocycles. The maximum Gasteiger partial charge on any atom is 0.255 e. The second kappa shape index (κ2) is 5.97. The Morgan fingerprint density at radius 1 is 1.00 bits per heavy atom. The molecule has 1 aromatic carbocycles. The number of nitrogens with zero attached hydrogens (tertiary/aromatic N) is 1. The van der Waals surface area contributed by atoms with E-state index < -0.39 is 10.0 Å². The molecule has 0 unspecified atom stereocenters. The van der Waals surface area contributed by atoms with Crippen LogP contribution in [0.5, 0.6) is 0 Å². The minimum atomic E-state index is -3.76. The van der Waals surface area contributed by atoms with Crippen LogP contribution < -0.4 is 5.14 Å². The van der Waals surface area contributed by atoms with Gasteiger partial charge in [-0.05, 0) is 77.8 Å². The lowest BCUT2D eigenvalue weighted by molar-refractivity contribution is 0.568. The minimum absolute atomic E-state index is 0.0816. The summed E-state index contributed by atoms with van der Waals surface area (Å²) in [5, 5.41) is 5.07. The zero-order valence-corrected chi connectivity index (χ0v) is 15.7. The molecular weight excluding hydrogens is 352 g/mol. The van der Waals surface area contributed by atoms with E-state index in [2.05, 4.69) is 35.5 Å². The quantitative estimate of drug-likeness (QED) is 0.825. The van der Waals surface area contributed by atoms with Gasteiger partial charge < -0.3 is 0 Å². The van der Waals surface area contributed by atoms with Crippen LogP contribution in [0.25, 0.3) is 11.1 Å². The summed E-state index contributed by atoms with van der Waals surface area (Å²) in [6, 6.07) is 12.0. The van der Waals surface area contributed by atoms with Crippen LogP contribution in [0, 0.1) is 5.41 Å². The topological polar surface area (TPSA) is 73.1 Å². The highest BCUT2D eigenvalue weighted by atomic mass is 32.2. The van der Waals surface area contributed by atoms with Crippen LogP contribution in [0.4, 0.5) is 0 Å². The van der Waals surface area contributed by atoms with E-state index in [0.29, 0.717) is 5.41 Å². The number of hydrogen-bond donors (Lipinski definition) is 1. The van der Waals surface area contributed by atoms with Gasteiger partial charge in [-0.15, -0.1) is 11.8 Å². The lowest BCUT2D eigenvalue weighted by Crippen LogP contribution is -2.13. The Bertz CT molecular complexity index is 942. The molecule has 6 heteroatoms. The van der Waals surface area contributed by atoms with Crippen LogP contribution in [0.3, 0.4) is 0 Å². The number of nitrogens with two attached hydrogens (primary N) is 1. The number of pyridine rings is 1. The Morgan fingerprint density at radius 2 is 1.60 bits per heavy atom. The van der Waals surface area contributed by atoms with Gasteiger partial charge in [0.25, 0.3) is 10.0 Å². The predicted molar refractivity (Wildman–Crippen MR) is 102 cm³/mol. The average Bonchev–Trinajstić information content (AvgIpc) is 3.25. The number of primary sulfonamides is 1. The van der Waals surface area contributed by atoms with E-state index in [0.717, 1.165) is 18.4 Å². The van der Waals surface area contributed by atoms with Gasteiger partial charge in [0.05, 0.1) is 0 Å². The van der Waals surface area contributed by atoms with Gasteiger partial charge in [0.1, 0.15) is 0 Å². The molecule has 4 rings (SSSR count). The van der Waals surface area contributed by atoms with Crippen molar-refractivity contribution in [3.8, 4) is 0 Å². The van der Waals surface area contributed by atoms with E-state index in [1.807, 2.05) is 6.07 Å². The standard InChI is InChI=1S/C19H20N2O2S2/c1-24-15-5-2-13(3-6-15)16-10-19(8-9-19)11-17(16)14-4-7-18(21-12-14)25(20,22)23/h2-7,12H,8-11H2,1H3,(H2,20,22,23). The predicted octanol–water partition coefficient (Wildman–Crippen LogP) is 3.94. The Labute approximate surface area is 152 Å². The average molecular weight is 373 g/mol. The molecule has 1 fully saturated rings. The van der Waals surface area contributed by atoms with Crippen LogP contribution in [-0.4, -0.2) is 19.7 Å². The first kappa shape index (κ1) is 16.8.